The second kappa shape index (κ2) is 4.48. The molecule has 2 nitrogen and oxygen atoms in total. The van der Waals surface area contributed by atoms with Crippen molar-refractivity contribution in [3.8, 4) is 12.0 Å². The zero-order valence-corrected chi connectivity index (χ0v) is 5.11. The Balaban J connectivity index is 3.34. The monoisotopic (exact) mass is 132 g/mol. The molecule has 0 N–H and O–H groups in total. The number of carbonyl (C=O) groups is 1. The number of carbonyl (C=O) groups excluding carboxylic acids is 1. The lowest BCUT2D eigenvalue weighted by atomic mass is 10.5. The first-order valence-electron chi connectivity index (χ1n) is 2.01. The Bertz CT molecular complexity index is 120. The van der Waals surface area contributed by atoms with Crippen molar-refractivity contribution in [2.24, 2.45) is 0 Å². The fraction of sp³-hybridized carbons (Fsp3) is 0.400. The molecular formula is C5H5ClO2. The summed E-state index contributed by atoms with van der Waals surface area (Å²) in [4.78, 5) is 9.42. The highest BCUT2D eigenvalue weighted by molar-refractivity contribution is 6.22. The standard InChI is InChI=1S/C5H5ClO2/c1-5(6)2-3-8-4-7/h4-5H,1H3. The van der Waals surface area contributed by atoms with Crippen LogP contribution in [0.1, 0.15) is 6.92 Å². The van der Waals surface area contributed by atoms with E-state index in [2.05, 4.69) is 16.8 Å². The van der Waals surface area contributed by atoms with E-state index in [1.54, 1.807) is 6.92 Å². The lowest BCUT2D eigenvalue weighted by Crippen LogP contribution is -1.82. The average Bonchev–Trinajstić information content (AvgIpc) is 1.66. The molecule has 0 spiro atoms. The van der Waals surface area contributed by atoms with Gasteiger partial charge in [0.05, 0.1) is 5.38 Å². The third-order valence-corrected chi connectivity index (χ3v) is 0.474. The highest BCUT2D eigenvalue weighted by atomic mass is 35.5. The van der Waals surface area contributed by atoms with Gasteiger partial charge in [0.2, 0.25) is 0 Å². The molecule has 0 aromatic heterocycles. The highest BCUT2D eigenvalue weighted by Crippen LogP contribution is 1.87. The van der Waals surface area contributed by atoms with Gasteiger partial charge in [-0.3, -0.25) is 4.79 Å². The summed E-state index contributed by atoms with van der Waals surface area (Å²) in [5, 5.41) is -0.269. The van der Waals surface area contributed by atoms with Crippen molar-refractivity contribution in [1.29, 1.82) is 0 Å². The number of hydrogen-bond acceptors (Lipinski definition) is 2. The molecule has 8 heavy (non-hydrogen) atoms. The Labute approximate surface area is 52.8 Å². The Morgan fingerprint density at radius 3 is 2.88 bits per heavy atom. The molecule has 0 radical (unpaired) electrons. The molecule has 1 atom stereocenters. The molecule has 44 valence electrons. The van der Waals surface area contributed by atoms with Gasteiger partial charge < -0.3 is 4.74 Å². The first-order chi connectivity index (χ1) is 3.77. The maximum absolute atomic E-state index is 9.42. The first kappa shape index (κ1) is 7.32. The van der Waals surface area contributed by atoms with E-state index >= 15 is 0 Å². The molecule has 0 aromatic rings. The van der Waals surface area contributed by atoms with E-state index in [1.165, 1.54) is 0 Å². The smallest absolute Gasteiger partial charge is 0.307 e. The molecule has 0 aliphatic rings. The summed E-state index contributed by atoms with van der Waals surface area (Å²) in [6, 6.07) is 0. The van der Waals surface area contributed by atoms with Crippen LogP contribution in [0.5, 0.6) is 0 Å². The summed E-state index contributed by atoms with van der Waals surface area (Å²) in [5.41, 5.74) is 0. The molecule has 0 aliphatic carbocycles. The Morgan fingerprint density at radius 1 is 1.88 bits per heavy atom. The Morgan fingerprint density at radius 2 is 2.50 bits per heavy atom. The Kier molecular flexibility index (Phi) is 4.10. The van der Waals surface area contributed by atoms with Gasteiger partial charge in [0.15, 0.2) is 0 Å². The second-order valence-electron chi connectivity index (χ2n) is 1.08. The van der Waals surface area contributed by atoms with Crippen LogP contribution in [0.25, 0.3) is 0 Å². The number of ether oxygens (including phenoxy) is 1. The predicted octanol–water partition coefficient (Wildman–Crippen LogP) is 0.748. The maximum atomic E-state index is 9.42. The number of alkyl halides is 1. The van der Waals surface area contributed by atoms with Crippen LogP contribution >= 0.6 is 11.6 Å². The lowest BCUT2D eigenvalue weighted by Gasteiger charge is -1.80. The predicted molar refractivity (Wildman–Crippen MR) is 30.2 cm³/mol. The molecule has 0 aliphatic heterocycles. The Hall–Kier alpha value is -0.680. The van der Waals surface area contributed by atoms with Gasteiger partial charge in [0, 0.05) is 0 Å². The zero-order valence-electron chi connectivity index (χ0n) is 4.35. The van der Waals surface area contributed by atoms with Crippen molar-refractivity contribution in [3.05, 3.63) is 0 Å². The van der Waals surface area contributed by atoms with Crippen molar-refractivity contribution in [2.75, 3.05) is 0 Å². The summed E-state index contributed by atoms with van der Waals surface area (Å²) in [5.74, 6) is 2.41. The maximum Gasteiger partial charge on any atom is 0.307 e. The molecule has 0 amide bonds. The highest BCUT2D eigenvalue weighted by Gasteiger charge is 1.82. The SMILES string of the molecule is CC(Cl)C#COC=O. The molecule has 1 unspecified atom stereocenters. The summed E-state index contributed by atoms with van der Waals surface area (Å²) in [6.45, 7) is 1.94. The molecule has 0 saturated carbocycles. The fourth-order valence-corrected chi connectivity index (χ4v) is 0.184. The number of hydrogen-bond donors (Lipinski definition) is 0. The van der Waals surface area contributed by atoms with E-state index in [0.29, 0.717) is 0 Å². The number of halogens is 1. The minimum Gasteiger partial charge on any atom is -0.375 e. The summed E-state index contributed by atoms with van der Waals surface area (Å²) < 4.78 is 4.02. The fourth-order valence-electron chi connectivity index (χ4n) is 0.139. The van der Waals surface area contributed by atoms with Crippen LogP contribution in [-0.2, 0) is 9.53 Å². The van der Waals surface area contributed by atoms with Gasteiger partial charge in [-0.25, -0.2) is 0 Å². The normalized spacial score (nSPS) is 10.8. The van der Waals surface area contributed by atoms with Crippen LogP contribution in [0, 0.1) is 12.0 Å². The molecule has 0 fully saturated rings. The minimum absolute atomic E-state index is 0.256. The van der Waals surface area contributed by atoms with E-state index < -0.39 is 0 Å². The zero-order chi connectivity index (χ0) is 6.41. The van der Waals surface area contributed by atoms with Gasteiger partial charge >= 0.3 is 6.47 Å². The molecule has 0 saturated heterocycles. The molecule has 0 bridgehead atoms. The lowest BCUT2D eigenvalue weighted by molar-refractivity contribution is -0.122. The van der Waals surface area contributed by atoms with Crippen molar-refractivity contribution < 1.29 is 9.53 Å². The second-order valence-corrected chi connectivity index (χ2v) is 1.73. The van der Waals surface area contributed by atoms with Gasteiger partial charge in [-0.05, 0) is 12.8 Å². The largest absolute Gasteiger partial charge is 0.375 e. The van der Waals surface area contributed by atoms with Crippen molar-refractivity contribution in [3.63, 3.8) is 0 Å². The summed E-state index contributed by atoms with van der Waals surface area (Å²) >= 11 is 5.34. The van der Waals surface area contributed by atoms with Crippen molar-refractivity contribution in [2.45, 2.75) is 12.3 Å². The molecule has 3 heteroatoms. The van der Waals surface area contributed by atoms with Gasteiger partial charge in [-0.15, -0.1) is 11.6 Å². The van der Waals surface area contributed by atoms with Crippen LogP contribution in [0.4, 0.5) is 0 Å². The molecule has 0 heterocycles. The van der Waals surface area contributed by atoms with E-state index in [0.717, 1.165) is 0 Å². The van der Waals surface area contributed by atoms with Crippen LogP contribution in [0.2, 0.25) is 0 Å². The van der Waals surface area contributed by atoms with Crippen LogP contribution in [0.15, 0.2) is 0 Å². The van der Waals surface area contributed by atoms with Crippen molar-refractivity contribution in [1.82, 2.24) is 0 Å². The van der Waals surface area contributed by atoms with E-state index in [1.807, 2.05) is 0 Å². The molecule has 0 rings (SSSR count). The molecule has 0 aromatic carbocycles. The van der Waals surface area contributed by atoms with Gasteiger partial charge in [0.25, 0.3) is 0 Å². The van der Waals surface area contributed by atoms with Crippen LogP contribution in [0.3, 0.4) is 0 Å². The van der Waals surface area contributed by atoms with Crippen molar-refractivity contribution >= 4 is 18.1 Å². The van der Waals surface area contributed by atoms with Crippen LogP contribution in [-0.4, -0.2) is 11.8 Å². The van der Waals surface area contributed by atoms with E-state index in [-0.39, 0.29) is 11.8 Å². The quantitative estimate of drug-likeness (QED) is 0.299. The van der Waals surface area contributed by atoms with Crippen LogP contribution < -0.4 is 0 Å². The number of rotatable bonds is 1. The van der Waals surface area contributed by atoms with E-state index in [4.69, 9.17) is 11.6 Å². The minimum atomic E-state index is -0.269. The third kappa shape index (κ3) is 5.32. The summed E-state index contributed by atoms with van der Waals surface area (Å²) in [7, 11) is 0. The topological polar surface area (TPSA) is 26.3 Å². The first-order valence-corrected chi connectivity index (χ1v) is 2.45. The third-order valence-electron chi connectivity index (χ3n) is 0.365. The van der Waals surface area contributed by atoms with E-state index in [9.17, 15) is 4.79 Å². The van der Waals surface area contributed by atoms with Gasteiger partial charge in [-0.1, -0.05) is 0 Å². The molecular weight excluding hydrogens is 128 g/mol. The van der Waals surface area contributed by atoms with Gasteiger partial charge in [-0.2, -0.15) is 0 Å². The average molecular weight is 133 g/mol. The summed E-state index contributed by atoms with van der Waals surface area (Å²) in [6.07, 6.45) is 2.08. The van der Waals surface area contributed by atoms with Gasteiger partial charge in [0.1, 0.15) is 6.11 Å².